The SMILES string of the molecule is COc1cc(Br)c(OC2CC(O)C2)cc1Br. The molecule has 16 heavy (non-hydrogen) atoms. The van der Waals surface area contributed by atoms with E-state index >= 15 is 0 Å². The average Bonchev–Trinajstić information content (AvgIpc) is 2.20. The van der Waals surface area contributed by atoms with Crippen LogP contribution in [0.1, 0.15) is 12.8 Å². The summed E-state index contributed by atoms with van der Waals surface area (Å²) >= 11 is 6.84. The van der Waals surface area contributed by atoms with Crippen LogP contribution in [0.25, 0.3) is 0 Å². The van der Waals surface area contributed by atoms with Crippen molar-refractivity contribution in [2.75, 3.05) is 7.11 Å². The molecular formula is C11H12Br2O3. The first-order valence-electron chi connectivity index (χ1n) is 4.98. The van der Waals surface area contributed by atoms with Crippen molar-refractivity contribution >= 4 is 31.9 Å². The molecule has 5 heteroatoms. The van der Waals surface area contributed by atoms with Crippen molar-refractivity contribution in [1.82, 2.24) is 0 Å². The van der Waals surface area contributed by atoms with Crippen LogP contribution in [0.5, 0.6) is 11.5 Å². The van der Waals surface area contributed by atoms with E-state index in [0.29, 0.717) is 12.8 Å². The van der Waals surface area contributed by atoms with Gasteiger partial charge in [0.15, 0.2) is 0 Å². The fraction of sp³-hybridized carbons (Fsp3) is 0.455. The summed E-state index contributed by atoms with van der Waals surface area (Å²) in [4.78, 5) is 0. The first kappa shape index (κ1) is 12.2. The maximum absolute atomic E-state index is 9.18. The van der Waals surface area contributed by atoms with E-state index in [1.165, 1.54) is 0 Å². The molecule has 0 bridgehead atoms. The predicted molar refractivity (Wildman–Crippen MR) is 68.1 cm³/mol. The summed E-state index contributed by atoms with van der Waals surface area (Å²) in [5.74, 6) is 1.53. The lowest BCUT2D eigenvalue weighted by atomic mass is 9.92. The molecule has 1 aliphatic carbocycles. The zero-order valence-electron chi connectivity index (χ0n) is 8.74. The van der Waals surface area contributed by atoms with Crippen molar-refractivity contribution in [3.8, 4) is 11.5 Å². The molecule has 0 radical (unpaired) electrons. The van der Waals surface area contributed by atoms with Crippen LogP contribution >= 0.6 is 31.9 Å². The van der Waals surface area contributed by atoms with Gasteiger partial charge in [0.05, 0.1) is 22.2 Å². The third-order valence-electron chi connectivity index (χ3n) is 2.57. The fourth-order valence-corrected chi connectivity index (χ4v) is 2.47. The number of aliphatic hydroxyl groups is 1. The van der Waals surface area contributed by atoms with Crippen LogP contribution < -0.4 is 9.47 Å². The van der Waals surface area contributed by atoms with Gasteiger partial charge in [-0.25, -0.2) is 0 Å². The molecule has 1 aromatic rings. The third kappa shape index (κ3) is 2.52. The van der Waals surface area contributed by atoms with E-state index < -0.39 is 0 Å². The van der Waals surface area contributed by atoms with E-state index in [2.05, 4.69) is 31.9 Å². The van der Waals surface area contributed by atoms with Crippen LogP contribution in [0.15, 0.2) is 21.1 Å². The Hall–Kier alpha value is -0.260. The standard InChI is InChI=1S/C11H12Br2O3/c1-15-10-4-9(13)11(5-8(10)12)16-7-2-6(14)3-7/h4-7,14H,2-3H2,1H3. The molecule has 88 valence electrons. The smallest absolute Gasteiger partial charge is 0.135 e. The average molecular weight is 352 g/mol. The maximum atomic E-state index is 9.18. The number of hydrogen-bond acceptors (Lipinski definition) is 3. The molecule has 0 amide bonds. The largest absolute Gasteiger partial charge is 0.496 e. The molecule has 1 aromatic carbocycles. The topological polar surface area (TPSA) is 38.7 Å². The zero-order chi connectivity index (χ0) is 11.7. The van der Waals surface area contributed by atoms with Crippen molar-refractivity contribution in [2.45, 2.75) is 25.0 Å². The summed E-state index contributed by atoms with van der Waals surface area (Å²) in [7, 11) is 1.62. The van der Waals surface area contributed by atoms with Gasteiger partial charge in [-0.3, -0.25) is 0 Å². The second-order valence-electron chi connectivity index (χ2n) is 3.78. The minimum absolute atomic E-state index is 0.117. The molecule has 0 heterocycles. The summed E-state index contributed by atoms with van der Waals surface area (Å²) < 4.78 is 12.6. The number of aliphatic hydroxyl groups excluding tert-OH is 1. The zero-order valence-corrected chi connectivity index (χ0v) is 11.9. The summed E-state index contributed by atoms with van der Waals surface area (Å²) in [6.45, 7) is 0. The molecule has 0 aromatic heterocycles. The van der Waals surface area contributed by atoms with Crippen LogP contribution in [0.3, 0.4) is 0 Å². The Kier molecular flexibility index (Phi) is 3.77. The lowest BCUT2D eigenvalue weighted by molar-refractivity contribution is -0.0111. The quantitative estimate of drug-likeness (QED) is 0.909. The summed E-state index contributed by atoms with van der Waals surface area (Å²) in [6, 6.07) is 3.72. The Morgan fingerprint density at radius 1 is 1.19 bits per heavy atom. The highest BCUT2D eigenvalue weighted by atomic mass is 79.9. The van der Waals surface area contributed by atoms with Gasteiger partial charge in [0.2, 0.25) is 0 Å². The van der Waals surface area contributed by atoms with Gasteiger partial charge in [-0.15, -0.1) is 0 Å². The Morgan fingerprint density at radius 2 is 1.75 bits per heavy atom. The van der Waals surface area contributed by atoms with Crippen molar-refractivity contribution in [2.24, 2.45) is 0 Å². The molecule has 0 aliphatic heterocycles. The normalized spacial score (nSPS) is 23.8. The monoisotopic (exact) mass is 350 g/mol. The van der Waals surface area contributed by atoms with E-state index in [1.807, 2.05) is 12.1 Å². The van der Waals surface area contributed by atoms with Gasteiger partial charge in [0.25, 0.3) is 0 Å². The Labute approximate surface area is 111 Å². The van der Waals surface area contributed by atoms with E-state index in [4.69, 9.17) is 9.47 Å². The highest BCUT2D eigenvalue weighted by Crippen LogP contribution is 2.38. The molecule has 3 nitrogen and oxygen atoms in total. The molecule has 1 aliphatic rings. The number of methoxy groups -OCH3 is 1. The number of ether oxygens (including phenoxy) is 2. The van der Waals surface area contributed by atoms with Crippen molar-refractivity contribution in [3.63, 3.8) is 0 Å². The van der Waals surface area contributed by atoms with E-state index in [-0.39, 0.29) is 12.2 Å². The fourth-order valence-electron chi connectivity index (χ4n) is 1.57. The van der Waals surface area contributed by atoms with Crippen molar-refractivity contribution < 1.29 is 14.6 Å². The lowest BCUT2D eigenvalue weighted by Crippen LogP contribution is -2.37. The van der Waals surface area contributed by atoms with E-state index in [1.54, 1.807) is 7.11 Å². The molecule has 0 unspecified atom stereocenters. The second-order valence-corrected chi connectivity index (χ2v) is 5.49. The molecule has 0 saturated heterocycles. The number of benzene rings is 1. The first-order valence-corrected chi connectivity index (χ1v) is 6.56. The summed E-state index contributed by atoms with van der Waals surface area (Å²) in [5, 5.41) is 9.18. The van der Waals surface area contributed by atoms with Crippen LogP contribution in [-0.2, 0) is 0 Å². The predicted octanol–water partition coefficient (Wildman–Crippen LogP) is 3.12. The number of halogens is 2. The van der Waals surface area contributed by atoms with E-state index in [9.17, 15) is 5.11 Å². The Balaban J connectivity index is 2.12. The third-order valence-corrected chi connectivity index (χ3v) is 3.81. The van der Waals surface area contributed by atoms with Gasteiger partial charge in [-0.1, -0.05) is 0 Å². The molecular weight excluding hydrogens is 340 g/mol. The maximum Gasteiger partial charge on any atom is 0.135 e. The second kappa shape index (κ2) is 4.94. The summed E-state index contributed by atoms with van der Waals surface area (Å²) in [5.41, 5.74) is 0. The van der Waals surface area contributed by atoms with Gasteiger partial charge in [-0.05, 0) is 44.0 Å². The highest BCUT2D eigenvalue weighted by Gasteiger charge is 2.29. The molecule has 1 saturated carbocycles. The van der Waals surface area contributed by atoms with Gasteiger partial charge in [0, 0.05) is 12.8 Å². The molecule has 2 rings (SSSR count). The number of rotatable bonds is 3. The molecule has 0 spiro atoms. The van der Waals surface area contributed by atoms with Gasteiger partial charge in [-0.2, -0.15) is 0 Å². The van der Waals surface area contributed by atoms with Gasteiger partial charge < -0.3 is 14.6 Å². The Bertz CT molecular complexity index is 389. The minimum Gasteiger partial charge on any atom is -0.496 e. The summed E-state index contributed by atoms with van der Waals surface area (Å²) in [6.07, 6.45) is 1.32. The van der Waals surface area contributed by atoms with Gasteiger partial charge >= 0.3 is 0 Å². The van der Waals surface area contributed by atoms with Crippen LogP contribution in [0, 0.1) is 0 Å². The van der Waals surface area contributed by atoms with Crippen molar-refractivity contribution in [3.05, 3.63) is 21.1 Å². The van der Waals surface area contributed by atoms with E-state index in [0.717, 1.165) is 20.4 Å². The van der Waals surface area contributed by atoms with Crippen LogP contribution in [0.4, 0.5) is 0 Å². The van der Waals surface area contributed by atoms with Gasteiger partial charge in [0.1, 0.15) is 17.6 Å². The molecule has 0 atom stereocenters. The Morgan fingerprint density at radius 3 is 2.31 bits per heavy atom. The van der Waals surface area contributed by atoms with Crippen LogP contribution in [-0.4, -0.2) is 24.4 Å². The first-order chi connectivity index (χ1) is 7.60. The molecule has 1 fully saturated rings. The highest BCUT2D eigenvalue weighted by molar-refractivity contribution is 9.11. The number of hydrogen-bond donors (Lipinski definition) is 1. The lowest BCUT2D eigenvalue weighted by Gasteiger charge is -2.32. The van der Waals surface area contributed by atoms with Crippen LogP contribution in [0.2, 0.25) is 0 Å². The molecule has 1 N–H and O–H groups in total. The minimum atomic E-state index is -0.203. The van der Waals surface area contributed by atoms with Crippen molar-refractivity contribution in [1.29, 1.82) is 0 Å².